The maximum Gasteiger partial charge on any atom is 0.231 e. The molecule has 0 radical (unpaired) electrons. The Balaban J connectivity index is 1.46. The smallest absolute Gasteiger partial charge is 0.231 e. The molecule has 0 bridgehead atoms. The first-order valence-corrected chi connectivity index (χ1v) is 9.98. The molecule has 4 rings (SSSR count). The van der Waals surface area contributed by atoms with E-state index in [0.29, 0.717) is 18.9 Å². The van der Waals surface area contributed by atoms with Gasteiger partial charge in [0.1, 0.15) is 0 Å². The molecule has 3 heterocycles. The molecule has 2 unspecified atom stereocenters. The lowest BCUT2D eigenvalue weighted by molar-refractivity contribution is 0.174. The van der Waals surface area contributed by atoms with E-state index >= 15 is 0 Å². The SMILES string of the molecule is CC(C)(C)C1CC(CN(Cc2cccnc2)Cc2ccc3c(c2)OCO3)NN1. The lowest BCUT2D eigenvalue weighted by Gasteiger charge is -2.27. The monoisotopic (exact) mass is 382 g/mol. The van der Waals surface area contributed by atoms with E-state index in [2.05, 4.69) is 59.7 Å². The molecule has 1 fully saturated rings. The normalized spacial score (nSPS) is 21.4. The average molecular weight is 383 g/mol. The molecule has 6 nitrogen and oxygen atoms in total. The third-order valence-electron chi connectivity index (χ3n) is 5.48. The molecule has 2 N–H and O–H groups in total. The van der Waals surface area contributed by atoms with Crippen molar-refractivity contribution in [2.75, 3.05) is 13.3 Å². The fraction of sp³-hybridized carbons (Fsp3) is 0.500. The van der Waals surface area contributed by atoms with Crippen LogP contribution in [0.2, 0.25) is 0 Å². The van der Waals surface area contributed by atoms with Crippen LogP contribution >= 0.6 is 0 Å². The summed E-state index contributed by atoms with van der Waals surface area (Å²) in [5.41, 5.74) is 9.69. The van der Waals surface area contributed by atoms with E-state index in [9.17, 15) is 0 Å². The van der Waals surface area contributed by atoms with Crippen LogP contribution in [0.3, 0.4) is 0 Å². The van der Waals surface area contributed by atoms with E-state index in [1.54, 1.807) is 0 Å². The minimum Gasteiger partial charge on any atom is -0.454 e. The summed E-state index contributed by atoms with van der Waals surface area (Å²) in [5.74, 6) is 1.67. The fourth-order valence-electron chi connectivity index (χ4n) is 3.86. The second-order valence-corrected chi connectivity index (χ2v) is 8.86. The Kier molecular flexibility index (Phi) is 5.53. The summed E-state index contributed by atoms with van der Waals surface area (Å²) in [6.45, 7) is 9.84. The molecule has 1 aromatic carbocycles. The number of hydrogen-bond donors (Lipinski definition) is 2. The minimum atomic E-state index is 0.243. The van der Waals surface area contributed by atoms with Crippen molar-refractivity contribution in [3.8, 4) is 11.5 Å². The first-order valence-electron chi connectivity index (χ1n) is 9.98. The van der Waals surface area contributed by atoms with Crippen molar-refractivity contribution in [2.45, 2.75) is 52.4 Å². The van der Waals surface area contributed by atoms with Crippen LogP contribution < -0.4 is 20.3 Å². The van der Waals surface area contributed by atoms with Crippen molar-refractivity contribution in [2.24, 2.45) is 5.41 Å². The average Bonchev–Trinajstić information content (AvgIpc) is 3.31. The Morgan fingerprint density at radius 1 is 1.07 bits per heavy atom. The summed E-state index contributed by atoms with van der Waals surface area (Å²) >= 11 is 0. The second-order valence-electron chi connectivity index (χ2n) is 8.86. The van der Waals surface area contributed by atoms with E-state index in [-0.39, 0.29) is 5.41 Å². The van der Waals surface area contributed by atoms with E-state index in [1.165, 1.54) is 11.1 Å². The van der Waals surface area contributed by atoms with Gasteiger partial charge in [-0.05, 0) is 41.2 Å². The molecule has 2 aliphatic rings. The van der Waals surface area contributed by atoms with Crippen molar-refractivity contribution >= 4 is 0 Å². The van der Waals surface area contributed by atoms with Crippen LogP contribution in [0.15, 0.2) is 42.7 Å². The van der Waals surface area contributed by atoms with Gasteiger partial charge in [-0.2, -0.15) is 0 Å². The zero-order valence-corrected chi connectivity index (χ0v) is 16.9. The summed E-state index contributed by atoms with van der Waals surface area (Å²) in [7, 11) is 0. The third kappa shape index (κ3) is 4.63. The molecule has 0 aliphatic carbocycles. The number of fused-ring (bicyclic) bond motifs is 1. The lowest BCUT2D eigenvalue weighted by Crippen LogP contribution is -2.42. The summed E-state index contributed by atoms with van der Waals surface area (Å²) in [6, 6.07) is 11.2. The van der Waals surface area contributed by atoms with Gasteiger partial charge in [-0.25, -0.2) is 0 Å². The maximum atomic E-state index is 5.55. The van der Waals surface area contributed by atoms with Gasteiger partial charge in [0.25, 0.3) is 0 Å². The Morgan fingerprint density at radius 2 is 1.89 bits per heavy atom. The van der Waals surface area contributed by atoms with Crippen LogP contribution in [0.5, 0.6) is 11.5 Å². The highest BCUT2D eigenvalue weighted by Crippen LogP contribution is 2.33. The first-order chi connectivity index (χ1) is 13.5. The van der Waals surface area contributed by atoms with Gasteiger partial charge in [-0.15, -0.1) is 0 Å². The number of nitrogens with one attached hydrogen (secondary N) is 2. The van der Waals surface area contributed by atoms with Gasteiger partial charge < -0.3 is 9.47 Å². The van der Waals surface area contributed by atoms with Gasteiger partial charge in [-0.3, -0.25) is 20.7 Å². The molecule has 0 spiro atoms. The number of aromatic nitrogens is 1. The molecule has 6 heteroatoms. The zero-order valence-electron chi connectivity index (χ0n) is 16.9. The van der Waals surface area contributed by atoms with E-state index in [4.69, 9.17) is 9.47 Å². The molecule has 1 saturated heterocycles. The molecular formula is C22H30N4O2. The zero-order chi connectivity index (χ0) is 19.6. The van der Waals surface area contributed by atoms with Crippen molar-refractivity contribution in [1.82, 2.24) is 20.7 Å². The number of hydrazine groups is 1. The number of pyridine rings is 1. The molecule has 0 saturated carbocycles. The summed E-state index contributed by atoms with van der Waals surface area (Å²) in [4.78, 5) is 6.75. The number of ether oxygens (including phenoxy) is 2. The Morgan fingerprint density at radius 3 is 2.64 bits per heavy atom. The predicted octanol–water partition coefficient (Wildman–Crippen LogP) is 3.09. The van der Waals surface area contributed by atoms with E-state index < -0.39 is 0 Å². The highest BCUT2D eigenvalue weighted by atomic mass is 16.7. The van der Waals surface area contributed by atoms with E-state index in [0.717, 1.165) is 37.6 Å². The molecule has 2 atom stereocenters. The van der Waals surface area contributed by atoms with Crippen LogP contribution in [0.4, 0.5) is 0 Å². The van der Waals surface area contributed by atoms with Crippen LogP contribution in [-0.4, -0.2) is 35.3 Å². The minimum absolute atomic E-state index is 0.243. The molecule has 28 heavy (non-hydrogen) atoms. The Labute approximate surface area is 167 Å². The molecule has 2 aliphatic heterocycles. The van der Waals surface area contributed by atoms with Crippen molar-refractivity contribution in [3.63, 3.8) is 0 Å². The number of rotatable bonds is 6. The lowest BCUT2D eigenvalue weighted by atomic mass is 9.84. The standard InChI is InChI=1S/C22H30N4O2/c1-22(2,3)21-10-18(24-25-21)14-26(13-17-5-4-8-23-11-17)12-16-6-7-19-20(9-16)28-15-27-19/h4-9,11,18,21,24-25H,10,12-15H2,1-3H3. The van der Waals surface area contributed by atoms with Crippen LogP contribution in [0, 0.1) is 5.41 Å². The van der Waals surface area contributed by atoms with Gasteiger partial charge in [-0.1, -0.05) is 32.9 Å². The molecule has 1 aromatic heterocycles. The van der Waals surface area contributed by atoms with Crippen LogP contribution in [-0.2, 0) is 13.1 Å². The van der Waals surface area contributed by atoms with Crippen molar-refractivity contribution in [1.29, 1.82) is 0 Å². The number of nitrogens with zero attached hydrogens (tertiary/aromatic N) is 2. The first kappa shape index (κ1) is 19.2. The van der Waals surface area contributed by atoms with E-state index in [1.807, 2.05) is 24.5 Å². The maximum absolute atomic E-state index is 5.55. The van der Waals surface area contributed by atoms with Crippen LogP contribution in [0.25, 0.3) is 0 Å². The molecule has 2 aromatic rings. The molecule has 150 valence electrons. The second kappa shape index (κ2) is 8.07. The van der Waals surface area contributed by atoms with Crippen LogP contribution in [0.1, 0.15) is 38.3 Å². The van der Waals surface area contributed by atoms with Crippen molar-refractivity contribution < 1.29 is 9.47 Å². The number of benzene rings is 1. The van der Waals surface area contributed by atoms with Gasteiger partial charge in [0.05, 0.1) is 0 Å². The summed E-state index contributed by atoms with van der Waals surface area (Å²) < 4.78 is 11.0. The van der Waals surface area contributed by atoms with Gasteiger partial charge >= 0.3 is 0 Å². The van der Waals surface area contributed by atoms with Gasteiger partial charge in [0.2, 0.25) is 6.79 Å². The Hall–Kier alpha value is -2.15. The highest BCUT2D eigenvalue weighted by molar-refractivity contribution is 5.44. The largest absolute Gasteiger partial charge is 0.454 e. The highest BCUT2D eigenvalue weighted by Gasteiger charge is 2.33. The van der Waals surface area contributed by atoms with Crippen molar-refractivity contribution in [3.05, 3.63) is 53.9 Å². The third-order valence-corrected chi connectivity index (χ3v) is 5.48. The Bertz CT molecular complexity index is 791. The topological polar surface area (TPSA) is 58.7 Å². The number of hydrogen-bond acceptors (Lipinski definition) is 6. The summed E-state index contributed by atoms with van der Waals surface area (Å²) in [5, 5.41) is 0. The molecule has 0 amide bonds. The van der Waals surface area contributed by atoms with Gasteiger partial charge in [0, 0.05) is 44.1 Å². The quantitative estimate of drug-likeness (QED) is 0.801. The fourth-order valence-corrected chi connectivity index (χ4v) is 3.86. The predicted molar refractivity (Wildman–Crippen MR) is 109 cm³/mol. The van der Waals surface area contributed by atoms with Gasteiger partial charge in [0.15, 0.2) is 11.5 Å². The summed E-state index contributed by atoms with van der Waals surface area (Å²) in [6.07, 6.45) is 4.89. The molecular weight excluding hydrogens is 352 g/mol.